The molecule has 0 spiro atoms. The minimum Gasteiger partial charge on any atom is -0.404 e. The van der Waals surface area contributed by atoms with Crippen LogP contribution in [0, 0.1) is 16.2 Å². The van der Waals surface area contributed by atoms with E-state index in [2.05, 4.69) is 33.0 Å². The number of hydrogen-bond acceptors (Lipinski definition) is 3. The van der Waals surface area contributed by atoms with E-state index >= 15 is 0 Å². The molecule has 1 aliphatic carbocycles. The highest BCUT2D eigenvalue weighted by Gasteiger charge is 2.53. The highest BCUT2D eigenvalue weighted by Crippen LogP contribution is 2.53. The van der Waals surface area contributed by atoms with Crippen LogP contribution in [0.5, 0.6) is 0 Å². The van der Waals surface area contributed by atoms with E-state index < -0.39 is 0 Å². The third-order valence-corrected chi connectivity index (χ3v) is 3.35. The van der Waals surface area contributed by atoms with Gasteiger partial charge in [-0.2, -0.15) is 0 Å². The molecule has 0 aromatic rings. The standard InChI is InChI=1S/C12H21N3O/c1-11(2)7-12(3,4)10(11)15-9(16)8(5-13)6-14/h5-6,10,13H,7,14H2,1-4H3,(H,15,16)/b8-6+,13-5?. The fourth-order valence-electron chi connectivity index (χ4n) is 3.10. The Morgan fingerprint density at radius 2 is 1.88 bits per heavy atom. The number of nitrogens with two attached hydrogens (primary N) is 1. The fourth-order valence-corrected chi connectivity index (χ4v) is 3.10. The van der Waals surface area contributed by atoms with Crippen molar-refractivity contribution in [3.05, 3.63) is 11.8 Å². The predicted octanol–water partition coefficient (Wildman–Crippen LogP) is 1.42. The van der Waals surface area contributed by atoms with Gasteiger partial charge in [-0.25, -0.2) is 0 Å². The molecule has 1 fully saturated rings. The van der Waals surface area contributed by atoms with Crippen LogP contribution in [0.15, 0.2) is 11.8 Å². The zero-order valence-electron chi connectivity index (χ0n) is 10.4. The van der Waals surface area contributed by atoms with Gasteiger partial charge in [0.2, 0.25) is 0 Å². The molecule has 4 nitrogen and oxygen atoms in total. The van der Waals surface area contributed by atoms with E-state index in [0.29, 0.717) is 0 Å². The summed E-state index contributed by atoms with van der Waals surface area (Å²) in [4.78, 5) is 11.8. The molecule has 1 aliphatic rings. The summed E-state index contributed by atoms with van der Waals surface area (Å²) in [5, 5.41) is 10.0. The maximum absolute atomic E-state index is 11.8. The normalized spacial score (nSPS) is 23.4. The average Bonchev–Trinajstić information content (AvgIpc) is 2.14. The molecule has 0 saturated heterocycles. The van der Waals surface area contributed by atoms with Crippen molar-refractivity contribution in [2.24, 2.45) is 16.6 Å². The number of nitrogens with one attached hydrogen (secondary N) is 2. The minimum absolute atomic E-state index is 0.112. The summed E-state index contributed by atoms with van der Waals surface area (Å²) in [6.45, 7) is 8.55. The molecule has 4 heteroatoms. The zero-order chi connectivity index (χ0) is 12.6. The second-order valence-corrected chi connectivity index (χ2v) is 5.83. The van der Waals surface area contributed by atoms with Crippen LogP contribution in [0.3, 0.4) is 0 Å². The largest absolute Gasteiger partial charge is 0.404 e. The smallest absolute Gasteiger partial charge is 0.254 e. The SMILES string of the molecule is CC1(C)CC(C)(C)C1NC(=O)/C(C=N)=C/N. The molecule has 4 N–H and O–H groups in total. The summed E-state index contributed by atoms with van der Waals surface area (Å²) in [5.74, 6) is -0.261. The molecular formula is C12H21N3O. The molecule has 0 aromatic heterocycles. The lowest BCUT2D eigenvalue weighted by Gasteiger charge is -2.57. The van der Waals surface area contributed by atoms with E-state index in [1.165, 1.54) is 6.20 Å². The lowest BCUT2D eigenvalue weighted by atomic mass is 9.52. The third-order valence-electron chi connectivity index (χ3n) is 3.35. The summed E-state index contributed by atoms with van der Waals surface area (Å²) in [6, 6.07) is 0.127. The Morgan fingerprint density at radius 1 is 1.38 bits per heavy atom. The first-order valence-electron chi connectivity index (χ1n) is 5.48. The Kier molecular flexibility index (Phi) is 3.13. The molecule has 0 aliphatic heterocycles. The van der Waals surface area contributed by atoms with Crippen molar-refractivity contribution in [3.8, 4) is 0 Å². The lowest BCUT2D eigenvalue weighted by molar-refractivity contribution is -0.125. The molecular weight excluding hydrogens is 202 g/mol. The van der Waals surface area contributed by atoms with Gasteiger partial charge in [-0.15, -0.1) is 0 Å². The number of hydrogen-bond donors (Lipinski definition) is 3. The maximum atomic E-state index is 11.8. The molecule has 1 rings (SSSR count). The van der Waals surface area contributed by atoms with Crippen LogP contribution in [0.2, 0.25) is 0 Å². The maximum Gasteiger partial charge on any atom is 0.254 e. The molecule has 0 unspecified atom stereocenters. The number of carbonyl (C=O) groups excluding carboxylic acids is 1. The van der Waals surface area contributed by atoms with E-state index in [1.54, 1.807) is 0 Å². The summed E-state index contributed by atoms with van der Waals surface area (Å²) in [5.41, 5.74) is 5.71. The molecule has 1 saturated carbocycles. The van der Waals surface area contributed by atoms with Crippen LogP contribution in [-0.2, 0) is 4.79 Å². The monoisotopic (exact) mass is 223 g/mol. The molecule has 1 amide bonds. The van der Waals surface area contributed by atoms with Crippen molar-refractivity contribution in [2.45, 2.75) is 40.2 Å². The zero-order valence-corrected chi connectivity index (χ0v) is 10.4. The topological polar surface area (TPSA) is 79.0 Å². The molecule has 90 valence electrons. The molecule has 0 atom stereocenters. The van der Waals surface area contributed by atoms with Gasteiger partial charge in [0, 0.05) is 18.5 Å². The second kappa shape index (κ2) is 3.92. The van der Waals surface area contributed by atoms with E-state index in [0.717, 1.165) is 12.6 Å². The number of amides is 1. The van der Waals surface area contributed by atoms with E-state index in [4.69, 9.17) is 11.1 Å². The predicted molar refractivity (Wildman–Crippen MR) is 65.2 cm³/mol. The number of rotatable bonds is 3. The van der Waals surface area contributed by atoms with Crippen molar-refractivity contribution < 1.29 is 4.79 Å². The minimum atomic E-state index is -0.261. The first kappa shape index (κ1) is 12.7. The Hall–Kier alpha value is -1.32. The van der Waals surface area contributed by atoms with Crippen LogP contribution in [-0.4, -0.2) is 18.2 Å². The fraction of sp³-hybridized carbons (Fsp3) is 0.667. The van der Waals surface area contributed by atoms with Gasteiger partial charge in [-0.3, -0.25) is 4.79 Å². The van der Waals surface area contributed by atoms with Crippen molar-refractivity contribution in [1.29, 1.82) is 5.41 Å². The van der Waals surface area contributed by atoms with Gasteiger partial charge >= 0.3 is 0 Å². The summed E-state index contributed by atoms with van der Waals surface area (Å²) in [6.07, 6.45) is 3.23. The van der Waals surface area contributed by atoms with Crippen LogP contribution in [0.1, 0.15) is 34.1 Å². The van der Waals surface area contributed by atoms with Crippen LogP contribution < -0.4 is 11.1 Å². The Labute approximate surface area is 96.8 Å². The second-order valence-electron chi connectivity index (χ2n) is 5.83. The first-order valence-corrected chi connectivity index (χ1v) is 5.48. The third kappa shape index (κ3) is 2.10. The van der Waals surface area contributed by atoms with E-state index in [9.17, 15) is 4.79 Å². The molecule has 0 heterocycles. The summed E-state index contributed by atoms with van der Waals surface area (Å²) < 4.78 is 0. The highest BCUT2D eigenvalue weighted by molar-refractivity contribution is 6.11. The van der Waals surface area contributed by atoms with Gasteiger partial charge in [-0.05, 0) is 17.3 Å². The van der Waals surface area contributed by atoms with Crippen LogP contribution in [0.25, 0.3) is 0 Å². The Bertz CT molecular complexity index is 328. The van der Waals surface area contributed by atoms with Gasteiger partial charge in [-0.1, -0.05) is 27.7 Å². The van der Waals surface area contributed by atoms with Gasteiger partial charge in [0.15, 0.2) is 0 Å². The van der Waals surface area contributed by atoms with Crippen molar-refractivity contribution in [3.63, 3.8) is 0 Å². The van der Waals surface area contributed by atoms with E-state index in [1.807, 2.05) is 0 Å². The first-order chi connectivity index (χ1) is 7.24. The number of carbonyl (C=O) groups is 1. The highest BCUT2D eigenvalue weighted by atomic mass is 16.1. The summed E-state index contributed by atoms with van der Waals surface area (Å²) in [7, 11) is 0. The quantitative estimate of drug-likeness (QED) is 0.499. The van der Waals surface area contributed by atoms with Gasteiger partial charge < -0.3 is 16.5 Å². The summed E-state index contributed by atoms with van der Waals surface area (Å²) >= 11 is 0. The molecule has 0 aromatic carbocycles. The van der Waals surface area contributed by atoms with Gasteiger partial charge in [0.25, 0.3) is 5.91 Å². The van der Waals surface area contributed by atoms with E-state index in [-0.39, 0.29) is 28.4 Å². The van der Waals surface area contributed by atoms with Crippen molar-refractivity contribution in [2.75, 3.05) is 0 Å². The van der Waals surface area contributed by atoms with Crippen molar-refractivity contribution in [1.82, 2.24) is 5.32 Å². The Morgan fingerprint density at radius 3 is 2.19 bits per heavy atom. The van der Waals surface area contributed by atoms with Crippen LogP contribution >= 0.6 is 0 Å². The van der Waals surface area contributed by atoms with Gasteiger partial charge in [0.05, 0.1) is 5.57 Å². The average molecular weight is 223 g/mol. The van der Waals surface area contributed by atoms with Crippen molar-refractivity contribution >= 4 is 12.1 Å². The molecule has 0 bridgehead atoms. The lowest BCUT2D eigenvalue weighted by Crippen LogP contribution is -2.63. The Balaban J connectivity index is 2.74. The molecule has 16 heavy (non-hydrogen) atoms. The van der Waals surface area contributed by atoms with Crippen LogP contribution in [0.4, 0.5) is 0 Å². The van der Waals surface area contributed by atoms with Gasteiger partial charge in [0.1, 0.15) is 0 Å². The molecule has 0 radical (unpaired) electrons.